The Labute approximate surface area is 189 Å². The van der Waals surface area contributed by atoms with Gasteiger partial charge in [-0.2, -0.15) is 0 Å². The molecule has 6 nitrogen and oxygen atoms in total. The third kappa shape index (κ3) is 7.70. The molecule has 0 amide bonds. The van der Waals surface area contributed by atoms with Gasteiger partial charge in [-0.3, -0.25) is 18.1 Å². The van der Waals surface area contributed by atoms with Crippen molar-refractivity contribution < 1.29 is 27.1 Å². The first kappa shape index (κ1) is 25.4. The van der Waals surface area contributed by atoms with Gasteiger partial charge in [0.05, 0.1) is 26.4 Å². The van der Waals surface area contributed by atoms with Crippen molar-refractivity contribution in [2.24, 2.45) is 0 Å². The SMILES string of the molecule is CCOP(=S)(OCC)Oc1ccc(-c2ccc(OP(=S)(OCC)OCC)cc2)cc1. The van der Waals surface area contributed by atoms with Gasteiger partial charge in [0.1, 0.15) is 11.5 Å². The van der Waals surface area contributed by atoms with Crippen molar-refractivity contribution in [1.82, 2.24) is 0 Å². The maximum atomic E-state index is 5.82. The predicted molar refractivity (Wildman–Crippen MR) is 128 cm³/mol. The maximum Gasteiger partial charge on any atom is 0.380 e. The van der Waals surface area contributed by atoms with E-state index in [1.54, 1.807) is 0 Å². The summed E-state index contributed by atoms with van der Waals surface area (Å²) in [7, 11) is 0. The molecular weight excluding hydrogens is 462 g/mol. The molecule has 0 radical (unpaired) electrons. The highest BCUT2D eigenvalue weighted by Crippen LogP contribution is 2.50. The van der Waals surface area contributed by atoms with Crippen LogP contribution < -0.4 is 9.05 Å². The van der Waals surface area contributed by atoms with E-state index in [1.165, 1.54) is 0 Å². The highest BCUT2D eigenvalue weighted by molar-refractivity contribution is 8.08. The average Bonchev–Trinajstić information content (AvgIpc) is 2.70. The molecule has 2 rings (SSSR count). The Morgan fingerprint density at radius 3 is 1.03 bits per heavy atom. The van der Waals surface area contributed by atoms with Crippen molar-refractivity contribution >= 4 is 37.1 Å². The van der Waals surface area contributed by atoms with Gasteiger partial charge in [0.2, 0.25) is 0 Å². The Hall–Kier alpha value is -0.820. The summed E-state index contributed by atoms with van der Waals surface area (Å²) in [5.41, 5.74) is 2.04. The van der Waals surface area contributed by atoms with Crippen molar-refractivity contribution in [2.45, 2.75) is 27.7 Å². The fourth-order valence-corrected chi connectivity index (χ4v) is 6.65. The van der Waals surface area contributed by atoms with E-state index in [0.717, 1.165) is 11.1 Å². The van der Waals surface area contributed by atoms with E-state index >= 15 is 0 Å². The average molecular weight is 491 g/mol. The summed E-state index contributed by atoms with van der Waals surface area (Å²) >= 11 is 10.8. The number of hydrogen-bond donors (Lipinski definition) is 0. The third-order valence-electron chi connectivity index (χ3n) is 3.63. The minimum Gasteiger partial charge on any atom is -0.424 e. The lowest BCUT2D eigenvalue weighted by Gasteiger charge is -2.21. The second-order valence-corrected chi connectivity index (χ2v) is 11.7. The second kappa shape index (κ2) is 12.3. The summed E-state index contributed by atoms with van der Waals surface area (Å²) in [6, 6.07) is 15.2. The minimum atomic E-state index is -2.78. The molecule has 0 unspecified atom stereocenters. The van der Waals surface area contributed by atoms with Crippen LogP contribution in [-0.2, 0) is 41.7 Å². The molecule has 0 N–H and O–H groups in total. The lowest BCUT2D eigenvalue weighted by molar-refractivity contribution is 0.217. The first-order valence-corrected chi connectivity index (χ1v) is 14.9. The number of rotatable bonds is 13. The zero-order valence-electron chi connectivity index (χ0n) is 17.6. The van der Waals surface area contributed by atoms with Gasteiger partial charge in [-0.25, -0.2) is 0 Å². The second-order valence-electron chi connectivity index (χ2n) is 5.80. The van der Waals surface area contributed by atoms with E-state index in [4.69, 9.17) is 50.8 Å². The fraction of sp³-hybridized carbons (Fsp3) is 0.400. The van der Waals surface area contributed by atoms with E-state index in [1.807, 2.05) is 76.2 Å². The van der Waals surface area contributed by atoms with Crippen molar-refractivity contribution in [2.75, 3.05) is 26.4 Å². The van der Waals surface area contributed by atoms with Crippen LogP contribution in [0.15, 0.2) is 48.5 Å². The zero-order chi connectivity index (χ0) is 22.0. The fourth-order valence-electron chi connectivity index (χ4n) is 2.49. The van der Waals surface area contributed by atoms with Gasteiger partial charge in [0.15, 0.2) is 0 Å². The zero-order valence-corrected chi connectivity index (χ0v) is 21.0. The predicted octanol–water partition coefficient (Wildman–Crippen LogP) is 6.71. The molecule has 10 heteroatoms. The normalized spacial score (nSPS) is 12.0. The molecule has 166 valence electrons. The van der Waals surface area contributed by atoms with Gasteiger partial charge < -0.3 is 9.05 Å². The van der Waals surface area contributed by atoms with Crippen LogP contribution >= 0.6 is 13.4 Å². The summed E-state index contributed by atoms with van der Waals surface area (Å²) in [4.78, 5) is 0. The maximum absolute atomic E-state index is 5.82. The van der Waals surface area contributed by atoms with Gasteiger partial charge in [-0.05, 0) is 63.1 Å². The van der Waals surface area contributed by atoms with Crippen molar-refractivity contribution in [3.63, 3.8) is 0 Å². The van der Waals surface area contributed by atoms with Crippen LogP contribution in [0.3, 0.4) is 0 Å². The van der Waals surface area contributed by atoms with Gasteiger partial charge in [-0.1, -0.05) is 24.3 Å². The molecule has 0 aromatic heterocycles. The molecule has 0 bridgehead atoms. The van der Waals surface area contributed by atoms with Crippen LogP contribution in [0.5, 0.6) is 11.5 Å². The van der Waals surface area contributed by atoms with Gasteiger partial charge >= 0.3 is 13.4 Å². The molecule has 0 aliphatic rings. The summed E-state index contributed by atoms with van der Waals surface area (Å²) in [5.74, 6) is 1.22. The molecule has 2 aromatic carbocycles. The monoisotopic (exact) mass is 490 g/mol. The van der Waals surface area contributed by atoms with Crippen molar-refractivity contribution in [3.05, 3.63) is 48.5 Å². The molecule has 0 heterocycles. The Bertz CT molecular complexity index is 780. The van der Waals surface area contributed by atoms with E-state index < -0.39 is 13.4 Å². The molecule has 0 spiro atoms. The van der Waals surface area contributed by atoms with Crippen LogP contribution in [0, 0.1) is 0 Å². The van der Waals surface area contributed by atoms with Crippen LogP contribution in [0.1, 0.15) is 27.7 Å². The van der Waals surface area contributed by atoms with E-state index in [2.05, 4.69) is 0 Å². The largest absolute Gasteiger partial charge is 0.424 e. The molecule has 0 aliphatic carbocycles. The minimum absolute atomic E-state index is 0.435. The highest BCUT2D eigenvalue weighted by Gasteiger charge is 2.22. The lowest BCUT2D eigenvalue weighted by Crippen LogP contribution is -2.02. The molecule has 2 aromatic rings. The Balaban J connectivity index is 2.10. The quantitative estimate of drug-likeness (QED) is 0.287. The van der Waals surface area contributed by atoms with Crippen molar-refractivity contribution in [1.29, 1.82) is 0 Å². The first-order valence-electron chi connectivity index (χ1n) is 9.74. The van der Waals surface area contributed by atoms with Gasteiger partial charge in [0, 0.05) is 23.6 Å². The molecule has 0 aliphatic heterocycles. The standard InChI is InChI=1S/C20H28O6P2S2/c1-5-21-27(29,22-6-2)25-19-13-9-17(10-14-19)18-11-15-20(16-12-18)26-28(30,23-7-3)24-8-4/h9-16H,5-8H2,1-4H3. The molecule has 0 saturated carbocycles. The van der Waals surface area contributed by atoms with E-state index in [-0.39, 0.29) is 0 Å². The highest BCUT2D eigenvalue weighted by atomic mass is 32.5. The molecule has 0 fully saturated rings. The van der Waals surface area contributed by atoms with Crippen LogP contribution in [0.4, 0.5) is 0 Å². The topological polar surface area (TPSA) is 55.4 Å². The van der Waals surface area contributed by atoms with Crippen molar-refractivity contribution in [3.8, 4) is 22.6 Å². The molecule has 0 atom stereocenters. The summed E-state index contributed by atoms with van der Waals surface area (Å²) < 4.78 is 33.7. The summed E-state index contributed by atoms with van der Waals surface area (Å²) in [6.07, 6.45) is 0. The summed E-state index contributed by atoms with van der Waals surface area (Å²) in [6.45, 7) is 3.63. The third-order valence-corrected chi connectivity index (χ3v) is 8.50. The Morgan fingerprint density at radius 1 is 0.533 bits per heavy atom. The van der Waals surface area contributed by atoms with Gasteiger partial charge in [0.25, 0.3) is 0 Å². The van der Waals surface area contributed by atoms with Crippen LogP contribution in [0.2, 0.25) is 0 Å². The molecular formula is C20H28O6P2S2. The summed E-state index contributed by atoms with van der Waals surface area (Å²) in [5, 5.41) is 0. The Kier molecular flexibility index (Phi) is 10.4. The van der Waals surface area contributed by atoms with E-state index in [0.29, 0.717) is 37.9 Å². The smallest absolute Gasteiger partial charge is 0.380 e. The number of hydrogen-bond acceptors (Lipinski definition) is 8. The molecule has 30 heavy (non-hydrogen) atoms. The first-order chi connectivity index (χ1) is 14.4. The number of benzene rings is 2. The van der Waals surface area contributed by atoms with Crippen LogP contribution in [0.25, 0.3) is 11.1 Å². The van der Waals surface area contributed by atoms with Gasteiger partial charge in [-0.15, -0.1) is 0 Å². The Morgan fingerprint density at radius 2 is 0.800 bits per heavy atom. The lowest BCUT2D eigenvalue weighted by atomic mass is 10.1. The molecule has 0 saturated heterocycles. The van der Waals surface area contributed by atoms with E-state index in [9.17, 15) is 0 Å². The van der Waals surface area contributed by atoms with Crippen LogP contribution in [-0.4, -0.2) is 26.4 Å².